The van der Waals surface area contributed by atoms with Crippen LogP contribution in [-0.2, 0) is 19.0 Å². The lowest BCUT2D eigenvalue weighted by molar-refractivity contribution is -0.150. The number of ether oxygens (including phenoxy) is 3. The number of carbonyl (C=O) groups is 1. The van der Waals surface area contributed by atoms with Gasteiger partial charge < -0.3 is 19.5 Å². The minimum absolute atomic E-state index is 0.0558. The largest absolute Gasteiger partial charge is 0.463 e. The van der Waals surface area contributed by atoms with E-state index in [1.165, 1.54) is 0 Å². The summed E-state index contributed by atoms with van der Waals surface area (Å²) >= 11 is 0. The molecule has 5 heteroatoms. The minimum atomic E-state index is -0.226. The fourth-order valence-corrected chi connectivity index (χ4v) is 1.50. The molecule has 17 heavy (non-hydrogen) atoms. The summed E-state index contributed by atoms with van der Waals surface area (Å²) in [5.41, 5.74) is -0.192. The number of carbonyl (C=O) groups excluding carboxylic acids is 1. The van der Waals surface area contributed by atoms with Crippen LogP contribution < -0.4 is 5.32 Å². The molecule has 0 bridgehead atoms. The van der Waals surface area contributed by atoms with Crippen molar-refractivity contribution in [2.24, 2.45) is 0 Å². The Bertz CT molecular complexity index is 231. The van der Waals surface area contributed by atoms with Crippen LogP contribution >= 0.6 is 0 Å². The third-order valence-electron chi connectivity index (χ3n) is 2.28. The molecule has 0 aliphatic carbocycles. The quantitative estimate of drug-likeness (QED) is 0.571. The van der Waals surface area contributed by atoms with E-state index in [-0.39, 0.29) is 17.7 Å². The monoisotopic (exact) mass is 245 g/mol. The van der Waals surface area contributed by atoms with Gasteiger partial charge in [-0.05, 0) is 20.8 Å². The topological polar surface area (TPSA) is 56.8 Å². The van der Waals surface area contributed by atoms with Gasteiger partial charge in [0.1, 0.15) is 6.61 Å². The second-order valence-corrected chi connectivity index (χ2v) is 5.08. The van der Waals surface area contributed by atoms with Gasteiger partial charge in [0.15, 0.2) is 0 Å². The van der Waals surface area contributed by atoms with E-state index >= 15 is 0 Å². The number of hydrogen-bond acceptors (Lipinski definition) is 5. The average molecular weight is 245 g/mol. The van der Waals surface area contributed by atoms with Crippen LogP contribution in [0.5, 0.6) is 0 Å². The Morgan fingerprint density at radius 1 is 1.41 bits per heavy atom. The lowest BCUT2D eigenvalue weighted by atomic mass is 10.2. The van der Waals surface area contributed by atoms with Gasteiger partial charge in [0.2, 0.25) is 0 Å². The first kappa shape index (κ1) is 14.4. The lowest BCUT2D eigenvalue weighted by Crippen LogP contribution is -2.39. The molecule has 1 N–H and O–H groups in total. The highest BCUT2D eigenvalue weighted by Gasteiger charge is 2.18. The van der Waals surface area contributed by atoms with Crippen molar-refractivity contribution in [3.8, 4) is 0 Å². The molecule has 1 fully saturated rings. The first-order valence-corrected chi connectivity index (χ1v) is 6.09. The number of esters is 1. The molecule has 1 heterocycles. The smallest absolute Gasteiger partial charge is 0.308 e. The van der Waals surface area contributed by atoms with Crippen molar-refractivity contribution in [3.63, 3.8) is 0 Å². The highest BCUT2D eigenvalue weighted by Crippen LogP contribution is 2.06. The molecule has 1 aliphatic heterocycles. The summed E-state index contributed by atoms with van der Waals surface area (Å²) in [4.78, 5) is 11.5. The molecule has 1 unspecified atom stereocenters. The zero-order valence-corrected chi connectivity index (χ0v) is 11.0. The van der Waals surface area contributed by atoms with Crippen LogP contribution in [-0.4, -0.2) is 50.6 Å². The molecule has 0 aromatic carbocycles. The van der Waals surface area contributed by atoms with Crippen molar-refractivity contribution in [2.75, 3.05) is 32.9 Å². The molecular weight excluding hydrogens is 222 g/mol. The molecule has 0 aromatic rings. The van der Waals surface area contributed by atoms with Gasteiger partial charge in [-0.15, -0.1) is 0 Å². The summed E-state index contributed by atoms with van der Waals surface area (Å²) in [5, 5.41) is 3.17. The lowest BCUT2D eigenvalue weighted by Gasteiger charge is -2.23. The minimum Gasteiger partial charge on any atom is -0.463 e. The molecule has 0 radical (unpaired) electrons. The molecule has 1 atom stereocenters. The van der Waals surface area contributed by atoms with E-state index in [1.54, 1.807) is 0 Å². The summed E-state index contributed by atoms with van der Waals surface area (Å²) in [6.07, 6.45) is 0.252. The molecule has 0 aromatic heterocycles. The van der Waals surface area contributed by atoms with Gasteiger partial charge in [0, 0.05) is 13.1 Å². The Kier molecular flexibility index (Phi) is 5.88. The van der Waals surface area contributed by atoms with E-state index in [0.29, 0.717) is 32.8 Å². The predicted octanol–water partition coefficient (Wildman–Crippen LogP) is 0.723. The second kappa shape index (κ2) is 6.93. The molecule has 1 aliphatic rings. The van der Waals surface area contributed by atoms with E-state index in [9.17, 15) is 4.79 Å². The molecule has 100 valence electrons. The van der Waals surface area contributed by atoms with Crippen molar-refractivity contribution < 1.29 is 19.0 Å². The third-order valence-corrected chi connectivity index (χ3v) is 2.28. The standard InChI is InChI=1S/C12H23NO4/c1-12(2,3)17-7-6-16-11(14)8-10-9-13-4-5-15-10/h10,13H,4-9H2,1-3H3. The average Bonchev–Trinajstić information content (AvgIpc) is 2.25. The van der Waals surface area contributed by atoms with E-state index < -0.39 is 0 Å². The maximum absolute atomic E-state index is 11.5. The van der Waals surface area contributed by atoms with Crippen LogP contribution in [0.2, 0.25) is 0 Å². The Balaban J connectivity index is 2.04. The summed E-state index contributed by atoms with van der Waals surface area (Å²) in [5.74, 6) is -0.226. The summed E-state index contributed by atoms with van der Waals surface area (Å²) in [7, 11) is 0. The summed E-state index contributed by atoms with van der Waals surface area (Å²) in [6.45, 7) is 8.86. The van der Waals surface area contributed by atoms with Crippen molar-refractivity contribution in [1.82, 2.24) is 5.32 Å². The van der Waals surface area contributed by atoms with E-state index in [0.717, 1.165) is 6.54 Å². The Labute approximate surface area is 103 Å². The van der Waals surface area contributed by atoms with Crippen LogP contribution in [0.3, 0.4) is 0 Å². The highest BCUT2D eigenvalue weighted by molar-refractivity contribution is 5.70. The van der Waals surface area contributed by atoms with Gasteiger partial charge in [0.05, 0.1) is 31.3 Å². The summed E-state index contributed by atoms with van der Waals surface area (Å²) < 4.78 is 15.9. The van der Waals surface area contributed by atoms with Crippen LogP contribution in [0.15, 0.2) is 0 Å². The predicted molar refractivity (Wildman–Crippen MR) is 63.9 cm³/mol. The maximum Gasteiger partial charge on any atom is 0.308 e. The number of hydrogen-bond donors (Lipinski definition) is 1. The molecular formula is C12H23NO4. The van der Waals surface area contributed by atoms with Gasteiger partial charge in [-0.3, -0.25) is 4.79 Å². The zero-order chi connectivity index (χ0) is 12.7. The number of morpholine rings is 1. The molecule has 0 spiro atoms. The van der Waals surface area contributed by atoms with Crippen molar-refractivity contribution >= 4 is 5.97 Å². The second-order valence-electron chi connectivity index (χ2n) is 5.08. The van der Waals surface area contributed by atoms with Gasteiger partial charge in [-0.2, -0.15) is 0 Å². The first-order valence-electron chi connectivity index (χ1n) is 6.09. The van der Waals surface area contributed by atoms with Crippen molar-refractivity contribution in [3.05, 3.63) is 0 Å². The Hall–Kier alpha value is -0.650. The Morgan fingerprint density at radius 2 is 2.18 bits per heavy atom. The van der Waals surface area contributed by atoms with Crippen LogP contribution in [0.4, 0.5) is 0 Å². The van der Waals surface area contributed by atoms with Gasteiger partial charge in [0.25, 0.3) is 0 Å². The third kappa shape index (κ3) is 7.31. The highest BCUT2D eigenvalue weighted by atomic mass is 16.6. The Morgan fingerprint density at radius 3 is 2.76 bits per heavy atom. The zero-order valence-electron chi connectivity index (χ0n) is 11.0. The number of nitrogens with one attached hydrogen (secondary N) is 1. The fraction of sp³-hybridized carbons (Fsp3) is 0.917. The molecule has 0 amide bonds. The first-order chi connectivity index (χ1) is 7.97. The fourth-order valence-electron chi connectivity index (χ4n) is 1.50. The summed E-state index contributed by atoms with van der Waals surface area (Å²) in [6, 6.07) is 0. The van der Waals surface area contributed by atoms with E-state index in [1.807, 2.05) is 20.8 Å². The van der Waals surface area contributed by atoms with Crippen LogP contribution in [0.1, 0.15) is 27.2 Å². The van der Waals surface area contributed by atoms with Gasteiger partial charge >= 0.3 is 5.97 Å². The van der Waals surface area contributed by atoms with Crippen LogP contribution in [0.25, 0.3) is 0 Å². The molecule has 5 nitrogen and oxygen atoms in total. The van der Waals surface area contributed by atoms with E-state index in [4.69, 9.17) is 14.2 Å². The van der Waals surface area contributed by atoms with Gasteiger partial charge in [-0.1, -0.05) is 0 Å². The van der Waals surface area contributed by atoms with Crippen molar-refractivity contribution in [2.45, 2.75) is 38.9 Å². The van der Waals surface area contributed by atoms with Gasteiger partial charge in [-0.25, -0.2) is 0 Å². The molecule has 1 saturated heterocycles. The van der Waals surface area contributed by atoms with E-state index in [2.05, 4.69) is 5.32 Å². The normalized spacial score (nSPS) is 21.2. The maximum atomic E-state index is 11.5. The number of rotatable bonds is 5. The van der Waals surface area contributed by atoms with Crippen LogP contribution in [0, 0.1) is 0 Å². The molecule has 0 saturated carbocycles. The van der Waals surface area contributed by atoms with Crippen molar-refractivity contribution in [1.29, 1.82) is 0 Å². The molecule has 1 rings (SSSR count). The SMILES string of the molecule is CC(C)(C)OCCOC(=O)CC1CNCCO1.